The number of hydrogen-bond acceptors (Lipinski definition) is 1. The molecule has 1 atom stereocenters. The van der Waals surface area contributed by atoms with Gasteiger partial charge in [0.2, 0.25) is 0 Å². The standard InChI is InChI=1S/C19H21BrFN/c1-3-10-22-18-12-15(21)11-17(20)16(18)13-19(22,4-2)14-8-6-5-7-9-14/h5-9,11-12H,3-4,10,13H2,1-2H3. The molecule has 0 N–H and O–H groups in total. The highest BCUT2D eigenvalue weighted by molar-refractivity contribution is 9.10. The summed E-state index contributed by atoms with van der Waals surface area (Å²) in [6, 6.07) is 13.9. The molecule has 0 radical (unpaired) electrons. The second kappa shape index (κ2) is 6.04. The van der Waals surface area contributed by atoms with Gasteiger partial charge in [-0.1, -0.05) is 60.1 Å². The summed E-state index contributed by atoms with van der Waals surface area (Å²) in [6.07, 6.45) is 2.96. The fourth-order valence-corrected chi connectivity index (χ4v) is 4.27. The second-order valence-corrected chi connectivity index (χ2v) is 6.82. The van der Waals surface area contributed by atoms with E-state index < -0.39 is 0 Å². The third-order valence-electron chi connectivity index (χ3n) is 4.76. The van der Waals surface area contributed by atoms with Crippen LogP contribution in [0.15, 0.2) is 46.9 Å². The van der Waals surface area contributed by atoms with E-state index in [0.717, 1.165) is 36.0 Å². The Morgan fingerprint density at radius 3 is 2.55 bits per heavy atom. The third kappa shape index (κ3) is 2.36. The molecule has 0 aromatic heterocycles. The van der Waals surface area contributed by atoms with Crippen LogP contribution >= 0.6 is 15.9 Å². The first-order valence-electron chi connectivity index (χ1n) is 7.93. The lowest BCUT2D eigenvalue weighted by atomic mass is 9.83. The molecule has 1 nitrogen and oxygen atoms in total. The molecule has 0 saturated carbocycles. The molecule has 0 fully saturated rings. The molecule has 1 aliphatic rings. The molecule has 1 aliphatic heterocycles. The predicted molar refractivity (Wildman–Crippen MR) is 93.9 cm³/mol. The van der Waals surface area contributed by atoms with Crippen molar-refractivity contribution in [1.82, 2.24) is 0 Å². The van der Waals surface area contributed by atoms with Crippen LogP contribution in [0.25, 0.3) is 0 Å². The lowest BCUT2D eigenvalue weighted by Gasteiger charge is -2.40. The van der Waals surface area contributed by atoms with Gasteiger partial charge >= 0.3 is 0 Å². The Hall–Kier alpha value is -1.35. The summed E-state index contributed by atoms with van der Waals surface area (Å²) in [7, 11) is 0. The molecule has 3 heteroatoms. The van der Waals surface area contributed by atoms with Gasteiger partial charge in [0.05, 0.1) is 5.54 Å². The Labute approximate surface area is 140 Å². The molecular weight excluding hydrogens is 341 g/mol. The van der Waals surface area contributed by atoms with E-state index in [0.29, 0.717) is 0 Å². The topological polar surface area (TPSA) is 3.24 Å². The molecule has 1 heterocycles. The van der Waals surface area contributed by atoms with Crippen LogP contribution in [0.4, 0.5) is 10.1 Å². The van der Waals surface area contributed by atoms with Crippen molar-refractivity contribution in [2.75, 3.05) is 11.4 Å². The van der Waals surface area contributed by atoms with E-state index in [4.69, 9.17) is 0 Å². The Balaban J connectivity index is 2.18. The van der Waals surface area contributed by atoms with E-state index in [2.05, 4.69) is 65.0 Å². The lowest BCUT2D eigenvalue weighted by molar-refractivity contribution is 0.403. The minimum absolute atomic E-state index is 0.0735. The fraction of sp³-hybridized carbons (Fsp3) is 0.368. The number of anilines is 1. The zero-order valence-corrected chi connectivity index (χ0v) is 14.7. The van der Waals surface area contributed by atoms with Gasteiger partial charge in [0.25, 0.3) is 0 Å². The predicted octanol–water partition coefficient (Wildman–Crippen LogP) is 5.67. The quantitative estimate of drug-likeness (QED) is 0.678. The second-order valence-electron chi connectivity index (χ2n) is 5.96. The van der Waals surface area contributed by atoms with Crippen molar-refractivity contribution < 1.29 is 4.39 Å². The van der Waals surface area contributed by atoms with Crippen LogP contribution in [0, 0.1) is 5.82 Å². The van der Waals surface area contributed by atoms with Crippen molar-refractivity contribution in [1.29, 1.82) is 0 Å². The smallest absolute Gasteiger partial charge is 0.126 e. The largest absolute Gasteiger partial charge is 0.361 e. The summed E-state index contributed by atoms with van der Waals surface area (Å²) < 4.78 is 14.8. The van der Waals surface area contributed by atoms with Crippen LogP contribution < -0.4 is 4.90 Å². The van der Waals surface area contributed by atoms with Gasteiger partial charge in [0.1, 0.15) is 5.82 Å². The van der Waals surface area contributed by atoms with Gasteiger partial charge in [-0.2, -0.15) is 0 Å². The van der Waals surface area contributed by atoms with Crippen molar-refractivity contribution in [3.63, 3.8) is 0 Å². The average Bonchev–Trinajstić information content (AvgIpc) is 2.84. The highest BCUT2D eigenvalue weighted by atomic mass is 79.9. The fourth-order valence-electron chi connectivity index (χ4n) is 3.71. The molecular formula is C19H21BrFN. The molecule has 116 valence electrons. The first-order chi connectivity index (χ1) is 10.6. The van der Waals surface area contributed by atoms with Crippen LogP contribution in [0.2, 0.25) is 0 Å². The molecule has 0 spiro atoms. The zero-order chi connectivity index (χ0) is 15.7. The van der Waals surface area contributed by atoms with Gasteiger partial charge in [-0.15, -0.1) is 0 Å². The van der Waals surface area contributed by atoms with Crippen LogP contribution in [0.1, 0.15) is 37.8 Å². The monoisotopic (exact) mass is 361 g/mol. The maximum Gasteiger partial charge on any atom is 0.126 e. The van der Waals surface area contributed by atoms with Gasteiger partial charge in [-0.05, 0) is 36.1 Å². The highest BCUT2D eigenvalue weighted by Gasteiger charge is 2.44. The van der Waals surface area contributed by atoms with Crippen LogP contribution in [0.5, 0.6) is 0 Å². The number of halogens is 2. The van der Waals surface area contributed by atoms with Crippen molar-refractivity contribution in [3.8, 4) is 0 Å². The van der Waals surface area contributed by atoms with Crippen LogP contribution in [0.3, 0.4) is 0 Å². The summed E-state index contributed by atoms with van der Waals surface area (Å²) in [5.74, 6) is -0.174. The maximum atomic E-state index is 13.9. The minimum Gasteiger partial charge on any atom is -0.361 e. The molecule has 2 aromatic rings. The van der Waals surface area contributed by atoms with Crippen LogP contribution in [-0.2, 0) is 12.0 Å². The maximum absolute atomic E-state index is 13.9. The van der Waals surface area contributed by atoms with Gasteiger partial charge in [-0.3, -0.25) is 0 Å². The molecule has 0 aliphatic carbocycles. The van der Waals surface area contributed by atoms with Gasteiger partial charge in [-0.25, -0.2) is 4.39 Å². The minimum atomic E-state index is -0.174. The Morgan fingerprint density at radius 1 is 1.18 bits per heavy atom. The number of hydrogen-bond donors (Lipinski definition) is 0. The zero-order valence-electron chi connectivity index (χ0n) is 13.1. The van der Waals surface area contributed by atoms with E-state index >= 15 is 0 Å². The first-order valence-corrected chi connectivity index (χ1v) is 8.72. The molecule has 3 rings (SSSR count). The SMILES string of the molecule is CCCN1c2cc(F)cc(Br)c2CC1(CC)c1ccccc1. The third-order valence-corrected chi connectivity index (χ3v) is 5.46. The number of rotatable bonds is 4. The summed E-state index contributed by atoms with van der Waals surface area (Å²) >= 11 is 3.56. The van der Waals surface area contributed by atoms with Crippen LogP contribution in [-0.4, -0.2) is 6.54 Å². The van der Waals surface area contributed by atoms with Crippen molar-refractivity contribution >= 4 is 21.6 Å². The van der Waals surface area contributed by atoms with E-state index in [1.807, 2.05) is 0 Å². The average molecular weight is 362 g/mol. The number of nitrogens with zero attached hydrogens (tertiary/aromatic N) is 1. The Bertz CT molecular complexity index is 671. The number of benzene rings is 2. The lowest BCUT2D eigenvalue weighted by Crippen LogP contribution is -2.44. The van der Waals surface area contributed by atoms with Crippen molar-refractivity contribution in [3.05, 3.63) is 63.9 Å². The summed E-state index contributed by atoms with van der Waals surface area (Å²) in [4.78, 5) is 2.41. The molecule has 0 amide bonds. The molecule has 0 saturated heterocycles. The summed E-state index contributed by atoms with van der Waals surface area (Å²) in [5.41, 5.74) is 3.50. The van der Waals surface area contributed by atoms with E-state index in [-0.39, 0.29) is 11.4 Å². The van der Waals surface area contributed by atoms with E-state index in [1.165, 1.54) is 11.1 Å². The normalized spacial score (nSPS) is 20.3. The Morgan fingerprint density at radius 2 is 1.91 bits per heavy atom. The number of fused-ring (bicyclic) bond motifs is 1. The summed E-state index contributed by atoms with van der Waals surface area (Å²) in [5, 5.41) is 0. The molecule has 22 heavy (non-hydrogen) atoms. The van der Waals surface area contributed by atoms with Gasteiger partial charge in [0, 0.05) is 23.1 Å². The Kier molecular flexibility index (Phi) is 4.26. The first kappa shape index (κ1) is 15.5. The molecule has 0 bridgehead atoms. The van der Waals surface area contributed by atoms with Crippen molar-refractivity contribution in [2.24, 2.45) is 0 Å². The van der Waals surface area contributed by atoms with E-state index in [1.54, 1.807) is 12.1 Å². The van der Waals surface area contributed by atoms with Crippen molar-refractivity contribution in [2.45, 2.75) is 38.6 Å². The molecule has 1 unspecified atom stereocenters. The summed E-state index contributed by atoms with van der Waals surface area (Å²) in [6.45, 7) is 5.34. The van der Waals surface area contributed by atoms with Gasteiger partial charge in [0.15, 0.2) is 0 Å². The van der Waals surface area contributed by atoms with E-state index in [9.17, 15) is 4.39 Å². The van der Waals surface area contributed by atoms with Gasteiger partial charge < -0.3 is 4.90 Å². The highest BCUT2D eigenvalue weighted by Crippen LogP contribution is 2.49. The molecule has 2 aromatic carbocycles.